The van der Waals surface area contributed by atoms with Crippen molar-refractivity contribution in [1.29, 1.82) is 0 Å². The lowest BCUT2D eigenvalue weighted by molar-refractivity contribution is -0.288. The predicted octanol–water partition coefficient (Wildman–Crippen LogP) is 0.848. The largest absolute Gasteiger partial charge is 0.463 e. The Morgan fingerprint density at radius 3 is 1.90 bits per heavy atom. The van der Waals surface area contributed by atoms with Gasteiger partial charge in [0.1, 0.15) is 18.8 Å². The van der Waals surface area contributed by atoms with E-state index in [1.54, 1.807) is 0 Å². The van der Waals surface area contributed by atoms with Crippen molar-refractivity contribution in [3.63, 3.8) is 0 Å². The molecule has 5 atom stereocenters. The zero-order chi connectivity index (χ0) is 22.1. The molecule has 1 rings (SSSR count). The first-order chi connectivity index (χ1) is 13.6. The minimum Gasteiger partial charge on any atom is -0.463 e. The van der Waals surface area contributed by atoms with Gasteiger partial charge in [-0.1, -0.05) is 13.8 Å². The van der Waals surface area contributed by atoms with Crippen LogP contribution in [0.2, 0.25) is 0 Å². The van der Waals surface area contributed by atoms with Gasteiger partial charge in [0.05, 0.1) is 6.10 Å². The fourth-order valence-electron chi connectivity index (χ4n) is 3.08. The molecule has 1 fully saturated rings. The van der Waals surface area contributed by atoms with Gasteiger partial charge in [-0.25, -0.2) is 0 Å². The predicted molar refractivity (Wildman–Crippen MR) is 99.5 cm³/mol. The maximum absolute atomic E-state index is 11.8. The molecule has 0 spiro atoms. The summed E-state index contributed by atoms with van der Waals surface area (Å²) in [5.74, 6) is -2.25. The zero-order valence-electron chi connectivity index (χ0n) is 17.8. The van der Waals surface area contributed by atoms with E-state index in [4.69, 9.17) is 23.7 Å². The van der Waals surface area contributed by atoms with Gasteiger partial charge in [0.15, 0.2) is 18.5 Å². The molecule has 0 radical (unpaired) electrons. The second kappa shape index (κ2) is 11.7. The summed E-state index contributed by atoms with van der Waals surface area (Å²) in [4.78, 5) is 46.5. The van der Waals surface area contributed by atoms with Gasteiger partial charge in [0.25, 0.3) is 0 Å². The molecule has 0 aliphatic carbocycles. The summed E-state index contributed by atoms with van der Waals surface area (Å²) in [5.41, 5.74) is 0. The molecular formula is C19H31NO9. The first kappa shape index (κ1) is 24.8. The highest BCUT2D eigenvalue weighted by Crippen LogP contribution is 2.29. The Bertz CT molecular complexity index is 590. The molecule has 1 saturated heterocycles. The van der Waals surface area contributed by atoms with Crippen LogP contribution in [0, 0.1) is 0 Å². The third-order valence-electron chi connectivity index (χ3n) is 4.31. The Labute approximate surface area is 170 Å². The van der Waals surface area contributed by atoms with Gasteiger partial charge in [-0.2, -0.15) is 0 Å². The van der Waals surface area contributed by atoms with E-state index in [0.29, 0.717) is 12.8 Å². The van der Waals surface area contributed by atoms with E-state index < -0.39 is 54.5 Å². The lowest BCUT2D eigenvalue weighted by atomic mass is 9.96. The number of carbonyl (C=O) groups is 4. The van der Waals surface area contributed by atoms with Crippen LogP contribution in [0.3, 0.4) is 0 Å². The average Bonchev–Trinajstić information content (AvgIpc) is 2.61. The summed E-state index contributed by atoms with van der Waals surface area (Å²) < 4.78 is 27.7. The molecular weight excluding hydrogens is 386 g/mol. The molecule has 166 valence electrons. The van der Waals surface area contributed by atoms with Gasteiger partial charge in [-0.3, -0.25) is 19.2 Å². The second-order valence-corrected chi connectivity index (χ2v) is 6.79. The Hall–Kier alpha value is -2.20. The molecule has 1 N–H and O–H groups in total. The van der Waals surface area contributed by atoms with Crippen molar-refractivity contribution < 1.29 is 42.9 Å². The van der Waals surface area contributed by atoms with E-state index in [1.807, 2.05) is 13.8 Å². The molecule has 10 heteroatoms. The van der Waals surface area contributed by atoms with Gasteiger partial charge in [0.2, 0.25) is 5.91 Å². The van der Waals surface area contributed by atoms with E-state index in [1.165, 1.54) is 27.7 Å². The number of hydrogen-bond acceptors (Lipinski definition) is 9. The SMILES string of the molecule is CCC(CC)O[C@@H]1O[C@H](COC(C)=O)[C@@H](OC(C)=O)[C@H](OC(C)=O)[C@H]1NC(C)=O. The number of esters is 3. The van der Waals surface area contributed by atoms with Gasteiger partial charge < -0.3 is 29.0 Å². The van der Waals surface area contributed by atoms with Crippen LogP contribution in [0.4, 0.5) is 0 Å². The topological polar surface area (TPSA) is 126 Å². The van der Waals surface area contributed by atoms with E-state index in [2.05, 4.69) is 5.32 Å². The summed E-state index contributed by atoms with van der Waals surface area (Å²) in [7, 11) is 0. The fraction of sp³-hybridized carbons (Fsp3) is 0.789. The molecule has 0 aromatic heterocycles. The first-order valence-corrected chi connectivity index (χ1v) is 9.64. The number of rotatable bonds is 9. The molecule has 10 nitrogen and oxygen atoms in total. The number of amides is 1. The molecule has 0 aromatic carbocycles. The van der Waals surface area contributed by atoms with Crippen LogP contribution in [-0.4, -0.2) is 67.2 Å². The molecule has 0 bridgehead atoms. The van der Waals surface area contributed by atoms with Crippen LogP contribution < -0.4 is 5.32 Å². The molecule has 1 aliphatic heterocycles. The van der Waals surface area contributed by atoms with Crippen molar-refractivity contribution in [3.05, 3.63) is 0 Å². The lowest BCUT2D eigenvalue weighted by Crippen LogP contribution is -2.67. The monoisotopic (exact) mass is 417 g/mol. The second-order valence-electron chi connectivity index (χ2n) is 6.79. The van der Waals surface area contributed by atoms with Gasteiger partial charge in [-0.05, 0) is 12.8 Å². The van der Waals surface area contributed by atoms with Gasteiger partial charge >= 0.3 is 17.9 Å². The number of carbonyl (C=O) groups excluding carboxylic acids is 4. The maximum Gasteiger partial charge on any atom is 0.303 e. The molecule has 29 heavy (non-hydrogen) atoms. The van der Waals surface area contributed by atoms with E-state index in [0.717, 1.165) is 0 Å². The van der Waals surface area contributed by atoms with Crippen molar-refractivity contribution in [3.8, 4) is 0 Å². The summed E-state index contributed by atoms with van der Waals surface area (Å²) in [5, 5.41) is 2.66. The van der Waals surface area contributed by atoms with Crippen LogP contribution >= 0.6 is 0 Å². The normalized spacial score (nSPS) is 26.5. The van der Waals surface area contributed by atoms with Crippen molar-refractivity contribution in [1.82, 2.24) is 5.32 Å². The van der Waals surface area contributed by atoms with Crippen LogP contribution in [-0.2, 0) is 42.9 Å². The van der Waals surface area contributed by atoms with Crippen LogP contribution in [0.1, 0.15) is 54.4 Å². The van der Waals surface area contributed by atoms with Gasteiger partial charge in [-0.15, -0.1) is 0 Å². The van der Waals surface area contributed by atoms with E-state index in [-0.39, 0.29) is 12.7 Å². The number of nitrogens with one attached hydrogen (secondary N) is 1. The Morgan fingerprint density at radius 2 is 1.45 bits per heavy atom. The molecule has 0 aromatic rings. The summed E-state index contributed by atoms with van der Waals surface area (Å²) in [6.45, 7) is 8.53. The third-order valence-corrected chi connectivity index (χ3v) is 4.31. The summed E-state index contributed by atoms with van der Waals surface area (Å²) in [6, 6.07) is -0.935. The molecule has 1 heterocycles. The zero-order valence-corrected chi connectivity index (χ0v) is 17.8. The van der Waals surface area contributed by atoms with Gasteiger partial charge in [0, 0.05) is 27.7 Å². The minimum atomic E-state index is -1.12. The van der Waals surface area contributed by atoms with E-state index in [9.17, 15) is 19.2 Å². The Balaban J connectivity index is 3.31. The highest BCUT2D eigenvalue weighted by molar-refractivity contribution is 5.73. The van der Waals surface area contributed by atoms with Crippen LogP contribution in [0.25, 0.3) is 0 Å². The van der Waals surface area contributed by atoms with Crippen molar-refractivity contribution in [2.75, 3.05) is 6.61 Å². The smallest absolute Gasteiger partial charge is 0.303 e. The minimum absolute atomic E-state index is 0.186. The molecule has 0 unspecified atom stereocenters. The Morgan fingerprint density at radius 1 is 0.897 bits per heavy atom. The molecule has 1 aliphatic rings. The first-order valence-electron chi connectivity index (χ1n) is 9.64. The number of hydrogen-bond donors (Lipinski definition) is 1. The standard InChI is InChI=1S/C19H31NO9/c1-7-14(8-2)28-19-16(20-10(3)21)18(27-13(6)24)17(26-12(5)23)15(29-19)9-25-11(4)22/h14-19H,7-9H2,1-6H3,(H,20,21)/t15-,16-,17-,18-,19-/m1/s1. The maximum atomic E-state index is 11.8. The quantitative estimate of drug-likeness (QED) is 0.429. The van der Waals surface area contributed by atoms with E-state index >= 15 is 0 Å². The van der Waals surface area contributed by atoms with Crippen LogP contribution in [0.5, 0.6) is 0 Å². The highest BCUT2D eigenvalue weighted by Gasteiger charge is 2.51. The Kier molecular flexibility index (Phi) is 10.0. The third kappa shape index (κ3) is 7.98. The van der Waals surface area contributed by atoms with Crippen molar-refractivity contribution in [2.45, 2.75) is 91.1 Å². The summed E-state index contributed by atoms with van der Waals surface area (Å²) >= 11 is 0. The molecule has 0 saturated carbocycles. The number of ether oxygens (including phenoxy) is 5. The van der Waals surface area contributed by atoms with Crippen molar-refractivity contribution in [2.24, 2.45) is 0 Å². The van der Waals surface area contributed by atoms with Crippen LogP contribution in [0.15, 0.2) is 0 Å². The summed E-state index contributed by atoms with van der Waals surface area (Å²) in [6.07, 6.45) is -3.01. The lowest BCUT2D eigenvalue weighted by Gasteiger charge is -2.45. The average molecular weight is 417 g/mol. The fourth-order valence-corrected chi connectivity index (χ4v) is 3.08. The highest BCUT2D eigenvalue weighted by atomic mass is 16.7. The van der Waals surface area contributed by atoms with Crippen molar-refractivity contribution >= 4 is 23.8 Å². The molecule has 1 amide bonds.